The molecule has 0 saturated heterocycles. The molecule has 0 bridgehead atoms. The zero-order chi connectivity index (χ0) is 12.8. The summed E-state index contributed by atoms with van der Waals surface area (Å²) in [5, 5.41) is 3.57. The second kappa shape index (κ2) is 6.61. The Morgan fingerprint density at radius 2 is 2.00 bits per heavy atom. The molecule has 0 aliphatic carbocycles. The lowest BCUT2D eigenvalue weighted by molar-refractivity contribution is 0.540. The van der Waals surface area contributed by atoms with Crippen LogP contribution in [0.4, 0.5) is 0 Å². The second-order valence-electron chi connectivity index (χ2n) is 4.71. The minimum atomic E-state index is 0.410. The van der Waals surface area contributed by atoms with Crippen molar-refractivity contribution in [1.29, 1.82) is 0 Å². The average molecular weight is 231 g/mol. The lowest BCUT2D eigenvalue weighted by Crippen LogP contribution is -2.22. The topological polar surface area (TPSA) is 12.0 Å². The molecule has 1 rings (SSSR count). The Labute approximate surface area is 106 Å². The first kappa shape index (κ1) is 14.0. The number of hydrogen-bond acceptors (Lipinski definition) is 1. The highest BCUT2D eigenvalue weighted by Gasteiger charge is 2.14. The minimum absolute atomic E-state index is 0.410. The smallest absolute Gasteiger partial charge is 0.0360 e. The molecular formula is C16H25N. The molecule has 1 N–H and O–H groups in total. The van der Waals surface area contributed by atoms with Gasteiger partial charge in [-0.05, 0) is 49.9 Å². The molecule has 1 nitrogen and oxygen atoms in total. The van der Waals surface area contributed by atoms with Gasteiger partial charge in [0.2, 0.25) is 0 Å². The first-order chi connectivity index (χ1) is 8.10. The highest BCUT2D eigenvalue weighted by molar-refractivity contribution is 5.36. The number of rotatable bonds is 6. The van der Waals surface area contributed by atoms with E-state index in [2.05, 4.69) is 57.8 Å². The summed E-state index contributed by atoms with van der Waals surface area (Å²) in [4.78, 5) is 0. The molecule has 0 aliphatic heterocycles. The summed E-state index contributed by atoms with van der Waals surface area (Å²) in [6.45, 7) is 13.9. The molecule has 1 aromatic carbocycles. The Kier molecular flexibility index (Phi) is 5.43. The summed E-state index contributed by atoms with van der Waals surface area (Å²) in [5.41, 5.74) is 5.51. The fraction of sp³-hybridized carbons (Fsp3) is 0.500. The van der Waals surface area contributed by atoms with Crippen LogP contribution in [-0.4, -0.2) is 6.54 Å². The third-order valence-corrected chi connectivity index (χ3v) is 3.47. The van der Waals surface area contributed by atoms with Gasteiger partial charge in [0.05, 0.1) is 0 Å². The minimum Gasteiger partial charge on any atom is -0.310 e. The van der Waals surface area contributed by atoms with Gasteiger partial charge in [0.1, 0.15) is 0 Å². The standard InChI is InChI=1S/C16H25N/c1-6-12(3)11-16(17-7-2)15-10-8-9-13(4)14(15)5/h8-10,16-17H,3,6-7,11H2,1-2,4-5H3. The van der Waals surface area contributed by atoms with E-state index in [4.69, 9.17) is 0 Å². The normalized spacial score (nSPS) is 12.5. The summed E-state index contributed by atoms with van der Waals surface area (Å²) in [6.07, 6.45) is 2.10. The van der Waals surface area contributed by atoms with Gasteiger partial charge >= 0.3 is 0 Å². The van der Waals surface area contributed by atoms with E-state index in [0.717, 1.165) is 19.4 Å². The SMILES string of the molecule is C=C(CC)CC(NCC)c1cccc(C)c1C. The van der Waals surface area contributed by atoms with Crippen molar-refractivity contribution >= 4 is 0 Å². The van der Waals surface area contributed by atoms with Crippen LogP contribution in [-0.2, 0) is 0 Å². The molecule has 1 aromatic rings. The molecule has 0 spiro atoms. The Balaban J connectivity index is 2.96. The van der Waals surface area contributed by atoms with E-state index in [1.165, 1.54) is 22.3 Å². The molecule has 94 valence electrons. The largest absolute Gasteiger partial charge is 0.310 e. The summed E-state index contributed by atoms with van der Waals surface area (Å²) < 4.78 is 0. The predicted octanol–water partition coefficient (Wildman–Crippen LogP) is 4.31. The van der Waals surface area contributed by atoms with E-state index in [1.807, 2.05) is 0 Å². The van der Waals surface area contributed by atoms with Gasteiger partial charge in [-0.2, -0.15) is 0 Å². The quantitative estimate of drug-likeness (QED) is 0.719. The molecule has 0 amide bonds. The van der Waals surface area contributed by atoms with Crippen molar-refractivity contribution in [2.75, 3.05) is 6.54 Å². The van der Waals surface area contributed by atoms with E-state index in [0.29, 0.717) is 6.04 Å². The Hall–Kier alpha value is -1.08. The summed E-state index contributed by atoms with van der Waals surface area (Å²) in [7, 11) is 0. The monoisotopic (exact) mass is 231 g/mol. The molecule has 1 heteroatoms. The zero-order valence-electron chi connectivity index (χ0n) is 11.6. The van der Waals surface area contributed by atoms with Crippen molar-refractivity contribution in [3.05, 3.63) is 47.0 Å². The summed E-state index contributed by atoms with van der Waals surface area (Å²) in [6, 6.07) is 6.97. The molecule has 1 atom stereocenters. The van der Waals surface area contributed by atoms with Crippen molar-refractivity contribution in [3.63, 3.8) is 0 Å². The van der Waals surface area contributed by atoms with Gasteiger partial charge in [-0.25, -0.2) is 0 Å². The molecule has 1 unspecified atom stereocenters. The van der Waals surface area contributed by atoms with E-state index in [-0.39, 0.29) is 0 Å². The van der Waals surface area contributed by atoms with Crippen LogP contribution in [0.5, 0.6) is 0 Å². The van der Waals surface area contributed by atoms with Crippen LogP contribution in [0, 0.1) is 13.8 Å². The van der Waals surface area contributed by atoms with Gasteiger partial charge in [0.15, 0.2) is 0 Å². The van der Waals surface area contributed by atoms with Crippen LogP contribution in [0.2, 0.25) is 0 Å². The molecule has 0 aliphatic rings. The highest BCUT2D eigenvalue weighted by Crippen LogP contribution is 2.26. The lowest BCUT2D eigenvalue weighted by atomic mass is 9.93. The maximum absolute atomic E-state index is 4.13. The van der Waals surface area contributed by atoms with Crippen molar-refractivity contribution in [2.45, 2.75) is 46.6 Å². The van der Waals surface area contributed by atoms with Gasteiger partial charge < -0.3 is 5.32 Å². The average Bonchev–Trinajstić information content (AvgIpc) is 2.32. The Morgan fingerprint density at radius 1 is 1.29 bits per heavy atom. The molecular weight excluding hydrogens is 206 g/mol. The number of benzene rings is 1. The van der Waals surface area contributed by atoms with Gasteiger partial charge in [-0.15, -0.1) is 0 Å². The molecule has 0 fully saturated rings. The predicted molar refractivity (Wildman–Crippen MR) is 76.4 cm³/mol. The third-order valence-electron chi connectivity index (χ3n) is 3.47. The van der Waals surface area contributed by atoms with E-state index in [1.54, 1.807) is 0 Å². The Morgan fingerprint density at radius 3 is 2.59 bits per heavy atom. The first-order valence-corrected chi connectivity index (χ1v) is 6.56. The third kappa shape index (κ3) is 3.71. The van der Waals surface area contributed by atoms with Crippen LogP contribution in [0.15, 0.2) is 30.4 Å². The number of aryl methyl sites for hydroxylation is 1. The van der Waals surface area contributed by atoms with Gasteiger partial charge in [0.25, 0.3) is 0 Å². The van der Waals surface area contributed by atoms with Crippen molar-refractivity contribution < 1.29 is 0 Å². The highest BCUT2D eigenvalue weighted by atomic mass is 14.9. The first-order valence-electron chi connectivity index (χ1n) is 6.56. The maximum Gasteiger partial charge on any atom is 0.0360 e. The zero-order valence-corrected chi connectivity index (χ0v) is 11.6. The number of nitrogens with one attached hydrogen (secondary N) is 1. The molecule has 0 saturated carbocycles. The molecule has 0 aromatic heterocycles. The van der Waals surface area contributed by atoms with Crippen LogP contribution in [0.25, 0.3) is 0 Å². The van der Waals surface area contributed by atoms with Gasteiger partial charge in [-0.1, -0.05) is 44.2 Å². The maximum atomic E-state index is 4.13. The van der Waals surface area contributed by atoms with Crippen molar-refractivity contribution in [2.24, 2.45) is 0 Å². The van der Waals surface area contributed by atoms with E-state index in [9.17, 15) is 0 Å². The molecule has 0 radical (unpaired) electrons. The molecule has 17 heavy (non-hydrogen) atoms. The summed E-state index contributed by atoms with van der Waals surface area (Å²) >= 11 is 0. The van der Waals surface area contributed by atoms with E-state index < -0.39 is 0 Å². The van der Waals surface area contributed by atoms with Crippen LogP contribution in [0.3, 0.4) is 0 Å². The van der Waals surface area contributed by atoms with Crippen LogP contribution >= 0.6 is 0 Å². The lowest BCUT2D eigenvalue weighted by Gasteiger charge is -2.22. The second-order valence-corrected chi connectivity index (χ2v) is 4.71. The van der Waals surface area contributed by atoms with Crippen molar-refractivity contribution in [3.8, 4) is 0 Å². The summed E-state index contributed by atoms with van der Waals surface area (Å²) in [5.74, 6) is 0. The van der Waals surface area contributed by atoms with Crippen molar-refractivity contribution in [1.82, 2.24) is 5.32 Å². The fourth-order valence-corrected chi connectivity index (χ4v) is 2.12. The van der Waals surface area contributed by atoms with Gasteiger partial charge in [0, 0.05) is 6.04 Å². The Bertz CT molecular complexity index is 379. The van der Waals surface area contributed by atoms with Gasteiger partial charge in [-0.3, -0.25) is 0 Å². The molecule has 0 heterocycles. The van der Waals surface area contributed by atoms with Crippen LogP contribution in [0.1, 0.15) is 49.4 Å². The van der Waals surface area contributed by atoms with Crippen LogP contribution < -0.4 is 5.32 Å². The fourth-order valence-electron chi connectivity index (χ4n) is 2.12. The van der Waals surface area contributed by atoms with E-state index >= 15 is 0 Å². The number of hydrogen-bond donors (Lipinski definition) is 1.